The molecule has 0 aromatic carbocycles. The molecular formula is C55H88O14. The number of aliphatic hydroxyl groups is 7. The highest BCUT2D eigenvalue weighted by Crippen LogP contribution is 2.26. The molecule has 14 heteroatoms. The first-order valence-electron chi connectivity index (χ1n) is 25.5. The maximum atomic E-state index is 13.0. The van der Waals surface area contributed by atoms with Gasteiger partial charge in [0.05, 0.1) is 26.4 Å². The largest absolute Gasteiger partial charge is 0.457 e. The predicted molar refractivity (Wildman–Crippen MR) is 270 cm³/mol. The summed E-state index contributed by atoms with van der Waals surface area (Å²) in [6, 6.07) is 0. The van der Waals surface area contributed by atoms with Crippen molar-refractivity contribution in [3.63, 3.8) is 0 Å². The average Bonchev–Trinajstić information content (AvgIpc) is 3.35. The molecule has 0 amide bonds. The summed E-state index contributed by atoms with van der Waals surface area (Å²) in [5.41, 5.74) is 0. The Morgan fingerprint density at radius 2 is 0.899 bits per heavy atom. The molecule has 69 heavy (non-hydrogen) atoms. The van der Waals surface area contributed by atoms with Crippen molar-refractivity contribution < 1.29 is 69.0 Å². The van der Waals surface area contributed by atoms with Crippen molar-refractivity contribution in [3.8, 4) is 0 Å². The van der Waals surface area contributed by atoms with E-state index in [1.807, 2.05) is 0 Å². The van der Waals surface area contributed by atoms with E-state index in [4.69, 9.17) is 28.4 Å². The van der Waals surface area contributed by atoms with Gasteiger partial charge in [-0.25, -0.2) is 0 Å². The number of hydrogen-bond acceptors (Lipinski definition) is 14. The predicted octanol–water partition coefficient (Wildman–Crippen LogP) is 7.62. The Balaban J connectivity index is 1.81. The van der Waals surface area contributed by atoms with E-state index in [0.717, 1.165) is 103 Å². The van der Waals surface area contributed by atoms with Gasteiger partial charge in [-0.2, -0.15) is 0 Å². The van der Waals surface area contributed by atoms with Gasteiger partial charge in [0.1, 0.15) is 54.9 Å². The fourth-order valence-electron chi connectivity index (χ4n) is 7.18. The van der Waals surface area contributed by atoms with Gasteiger partial charge in [0.15, 0.2) is 12.6 Å². The molecule has 2 aliphatic heterocycles. The monoisotopic (exact) mass is 973 g/mol. The van der Waals surface area contributed by atoms with Crippen molar-refractivity contribution in [2.45, 2.75) is 197 Å². The van der Waals surface area contributed by atoms with Gasteiger partial charge in [0, 0.05) is 13.0 Å². The minimum Gasteiger partial charge on any atom is -0.457 e. The lowest BCUT2D eigenvalue weighted by Crippen LogP contribution is -2.61. The number of esters is 1. The van der Waals surface area contributed by atoms with Crippen LogP contribution in [0.4, 0.5) is 0 Å². The minimum absolute atomic E-state index is 0.0202. The molecule has 14 nitrogen and oxygen atoms in total. The Kier molecular flexibility index (Phi) is 37.0. The molecule has 2 saturated heterocycles. The number of ether oxygens (including phenoxy) is 6. The summed E-state index contributed by atoms with van der Waals surface area (Å²) in [4.78, 5) is 13.0. The third kappa shape index (κ3) is 28.9. The molecule has 2 heterocycles. The molecule has 0 saturated carbocycles. The maximum Gasteiger partial charge on any atom is 0.306 e. The molecule has 11 atom stereocenters. The smallest absolute Gasteiger partial charge is 0.306 e. The first-order valence-corrected chi connectivity index (χ1v) is 25.5. The summed E-state index contributed by atoms with van der Waals surface area (Å²) in [6.45, 7) is 3.30. The molecule has 7 N–H and O–H groups in total. The van der Waals surface area contributed by atoms with Crippen molar-refractivity contribution in [2.75, 3.05) is 33.0 Å². The van der Waals surface area contributed by atoms with Crippen LogP contribution in [0.2, 0.25) is 0 Å². The van der Waals surface area contributed by atoms with Crippen LogP contribution in [-0.4, -0.2) is 142 Å². The van der Waals surface area contributed by atoms with E-state index < -0.39 is 86.7 Å². The van der Waals surface area contributed by atoms with Crippen molar-refractivity contribution in [2.24, 2.45) is 0 Å². The average molecular weight is 973 g/mol. The quantitative estimate of drug-likeness (QED) is 0.0180. The molecule has 0 spiro atoms. The van der Waals surface area contributed by atoms with Gasteiger partial charge < -0.3 is 64.2 Å². The van der Waals surface area contributed by atoms with Crippen LogP contribution in [0.15, 0.2) is 109 Å². The Hall–Kier alpha value is -3.35. The SMILES string of the molecule is CC/C=C\C/C=C\C/C=C\C/C=C\C/C=C\C/C=C\CCCCC(=O)OC(COCCCCCC/C=C\C/C=C\C/C=C\CC)COC1OC(COC2OC(CO)C(O)C(O)C2O)C(O)C(O)C1O. The van der Waals surface area contributed by atoms with E-state index in [2.05, 4.69) is 123 Å². The van der Waals surface area contributed by atoms with E-state index in [1.165, 1.54) is 0 Å². The van der Waals surface area contributed by atoms with Gasteiger partial charge >= 0.3 is 5.97 Å². The first-order chi connectivity index (χ1) is 33.6. The van der Waals surface area contributed by atoms with Crippen LogP contribution in [0.3, 0.4) is 0 Å². The lowest BCUT2D eigenvalue weighted by atomic mass is 9.98. The summed E-state index contributed by atoms with van der Waals surface area (Å²) in [5.74, 6) is -0.432. The van der Waals surface area contributed by atoms with Crippen LogP contribution >= 0.6 is 0 Å². The Morgan fingerprint density at radius 3 is 1.39 bits per heavy atom. The van der Waals surface area contributed by atoms with Crippen LogP contribution in [-0.2, 0) is 33.2 Å². The van der Waals surface area contributed by atoms with Crippen LogP contribution in [0.5, 0.6) is 0 Å². The van der Waals surface area contributed by atoms with Gasteiger partial charge in [-0.15, -0.1) is 0 Å². The zero-order valence-electron chi connectivity index (χ0n) is 41.5. The Bertz CT molecular complexity index is 1550. The van der Waals surface area contributed by atoms with E-state index >= 15 is 0 Å². The molecule has 392 valence electrons. The fraction of sp³-hybridized carbons (Fsp3) is 0.655. The first kappa shape index (κ1) is 61.8. The summed E-state index contributed by atoms with van der Waals surface area (Å²) in [5, 5.41) is 72.1. The minimum atomic E-state index is -1.73. The van der Waals surface area contributed by atoms with E-state index in [9.17, 15) is 40.5 Å². The topological polar surface area (TPSA) is 214 Å². The summed E-state index contributed by atoms with van der Waals surface area (Å²) in [6.07, 6.45) is 38.7. The standard InChI is InChI=1S/C55H88O14/c1-3-5-7-9-11-13-15-17-19-20-21-22-23-24-25-26-28-30-32-34-36-38-47(57)67-44(41-64-39-37-35-33-31-29-27-18-16-14-12-10-8-6-4-2)42-65-54-53(63)51(61)49(59)46(69-54)43-66-55-52(62)50(60)48(58)45(40-56)68-55/h5-8,11-14,17-19,21-22,24-25,27-28,30,44-46,48-56,58-63H,3-4,9-10,15-16,20,23,26,29,31-43H2,1-2H3/b7-5-,8-6-,13-11-,14-12-,19-17-,22-21-,25-24-,27-18-,30-28-. The molecule has 11 unspecified atom stereocenters. The second kappa shape index (κ2) is 41.3. The Labute approximate surface area is 413 Å². The van der Waals surface area contributed by atoms with Gasteiger partial charge in [-0.3, -0.25) is 4.79 Å². The molecule has 0 aromatic rings. The van der Waals surface area contributed by atoms with Crippen molar-refractivity contribution >= 4 is 5.97 Å². The highest BCUT2D eigenvalue weighted by Gasteiger charge is 2.47. The van der Waals surface area contributed by atoms with Gasteiger partial charge in [0.2, 0.25) is 0 Å². The number of allylic oxidation sites excluding steroid dienone is 18. The van der Waals surface area contributed by atoms with Crippen LogP contribution < -0.4 is 0 Å². The number of hydrogen-bond donors (Lipinski definition) is 7. The number of rotatable bonds is 38. The molecule has 0 radical (unpaired) electrons. The number of unbranched alkanes of at least 4 members (excludes halogenated alkanes) is 6. The third-order valence-corrected chi connectivity index (χ3v) is 11.3. The second-order valence-corrected chi connectivity index (χ2v) is 17.2. The fourth-order valence-corrected chi connectivity index (χ4v) is 7.18. The summed E-state index contributed by atoms with van der Waals surface area (Å²) >= 11 is 0. The molecule has 0 aromatic heterocycles. The van der Waals surface area contributed by atoms with Crippen molar-refractivity contribution in [1.29, 1.82) is 0 Å². The lowest BCUT2D eigenvalue weighted by molar-refractivity contribution is -0.332. The molecule has 2 fully saturated rings. The third-order valence-electron chi connectivity index (χ3n) is 11.3. The zero-order valence-corrected chi connectivity index (χ0v) is 41.5. The van der Waals surface area contributed by atoms with Crippen molar-refractivity contribution in [1.82, 2.24) is 0 Å². The van der Waals surface area contributed by atoms with Crippen LogP contribution in [0.25, 0.3) is 0 Å². The van der Waals surface area contributed by atoms with Crippen LogP contribution in [0.1, 0.15) is 129 Å². The van der Waals surface area contributed by atoms with Crippen LogP contribution in [0, 0.1) is 0 Å². The zero-order chi connectivity index (χ0) is 50.2. The second-order valence-electron chi connectivity index (χ2n) is 17.2. The molecule has 0 bridgehead atoms. The van der Waals surface area contributed by atoms with Gasteiger partial charge in [-0.05, 0) is 96.3 Å². The number of carbonyl (C=O) groups is 1. The molecular weight excluding hydrogens is 885 g/mol. The Morgan fingerprint density at radius 1 is 0.478 bits per heavy atom. The molecule has 2 aliphatic rings. The maximum absolute atomic E-state index is 13.0. The highest BCUT2D eigenvalue weighted by molar-refractivity contribution is 5.69. The summed E-state index contributed by atoms with van der Waals surface area (Å²) < 4.78 is 34.2. The lowest BCUT2D eigenvalue weighted by Gasteiger charge is -2.42. The van der Waals surface area contributed by atoms with Gasteiger partial charge in [-0.1, -0.05) is 136 Å². The van der Waals surface area contributed by atoms with Gasteiger partial charge in [0.25, 0.3) is 0 Å². The van der Waals surface area contributed by atoms with E-state index in [1.54, 1.807) is 0 Å². The summed E-state index contributed by atoms with van der Waals surface area (Å²) in [7, 11) is 0. The molecule has 0 aliphatic carbocycles. The van der Waals surface area contributed by atoms with Crippen molar-refractivity contribution in [3.05, 3.63) is 109 Å². The number of aliphatic hydroxyl groups excluding tert-OH is 7. The highest BCUT2D eigenvalue weighted by atomic mass is 16.7. The number of carbonyl (C=O) groups excluding carboxylic acids is 1. The van der Waals surface area contributed by atoms with E-state index in [-0.39, 0.29) is 19.6 Å². The molecule has 2 rings (SSSR count). The normalized spacial score (nSPS) is 26.6. The van der Waals surface area contributed by atoms with E-state index in [0.29, 0.717) is 13.0 Å².